The van der Waals surface area contributed by atoms with Crippen LogP contribution in [0.3, 0.4) is 0 Å². The van der Waals surface area contributed by atoms with Gasteiger partial charge in [-0.25, -0.2) is 0 Å². The van der Waals surface area contributed by atoms with Crippen molar-refractivity contribution in [1.29, 1.82) is 0 Å². The van der Waals surface area contributed by atoms with Gasteiger partial charge in [-0.15, -0.1) is 17.9 Å². The first-order valence-corrected chi connectivity index (χ1v) is 10.9. The Morgan fingerprint density at radius 3 is 2.37 bits per heavy atom. The number of rotatable bonds is 12. The molecule has 0 spiro atoms. The largest absolute Gasteiger partial charge is 0.493 e. The van der Waals surface area contributed by atoms with Crippen LogP contribution in [0, 0.1) is 0 Å². The highest BCUT2D eigenvalue weighted by molar-refractivity contribution is 7.10. The number of hydrogen-bond acceptors (Lipinski definition) is 5. The van der Waals surface area contributed by atoms with Crippen molar-refractivity contribution in [1.82, 2.24) is 0 Å². The van der Waals surface area contributed by atoms with E-state index in [1.54, 1.807) is 21.3 Å². The van der Waals surface area contributed by atoms with Gasteiger partial charge in [0.05, 0.1) is 21.3 Å². The van der Waals surface area contributed by atoms with Crippen LogP contribution in [0.25, 0.3) is 0 Å². The van der Waals surface area contributed by atoms with Gasteiger partial charge in [0.15, 0.2) is 11.5 Å². The quantitative estimate of drug-likeness (QED) is 0.246. The molecule has 0 aliphatic rings. The highest BCUT2D eigenvalue weighted by Crippen LogP contribution is 2.45. The Bertz CT molecular complexity index is 842. The summed E-state index contributed by atoms with van der Waals surface area (Å²) in [6.07, 6.45) is 11.5. The lowest BCUT2D eigenvalue weighted by atomic mass is 9.85. The maximum atomic E-state index is 11.8. The predicted molar refractivity (Wildman–Crippen MR) is 125 cm³/mol. The normalized spacial score (nSPS) is 13.8. The van der Waals surface area contributed by atoms with Crippen LogP contribution >= 0.6 is 11.3 Å². The summed E-state index contributed by atoms with van der Waals surface area (Å²) in [6, 6.07) is 7.57. The zero-order chi connectivity index (χ0) is 22.0. The van der Waals surface area contributed by atoms with Crippen LogP contribution in [0.1, 0.15) is 43.0 Å². The molecule has 0 aliphatic heterocycles. The number of hydrogen-bond donors (Lipinski definition) is 1. The molecule has 4 nitrogen and oxygen atoms in total. The molecule has 1 heterocycles. The van der Waals surface area contributed by atoms with Crippen molar-refractivity contribution >= 4 is 11.3 Å². The SMILES string of the molecule is C=CCC/C=C/C=C(\C)CCC(O)(c1cc(OC)c(OC)c(OC)c1)c1cccs1. The molecule has 2 rings (SSSR count). The van der Waals surface area contributed by atoms with Crippen LogP contribution in [0.5, 0.6) is 17.2 Å². The van der Waals surface area contributed by atoms with Crippen molar-refractivity contribution in [3.63, 3.8) is 0 Å². The fourth-order valence-electron chi connectivity index (χ4n) is 3.25. The van der Waals surface area contributed by atoms with Gasteiger partial charge in [0.1, 0.15) is 5.60 Å². The van der Waals surface area contributed by atoms with E-state index in [1.165, 1.54) is 16.9 Å². The fraction of sp³-hybridized carbons (Fsp3) is 0.360. The predicted octanol–water partition coefficient (Wildman–Crippen LogP) is 6.26. The van der Waals surface area contributed by atoms with E-state index < -0.39 is 5.60 Å². The van der Waals surface area contributed by atoms with E-state index in [0.29, 0.717) is 29.2 Å². The Balaban J connectivity index is 2.36. The topological polar surface area (TPSA) is 47.9 Å². The van der Waals surface area contributed by atoms with Crippen LogP contribution in [0.15, 0.2) is 66.1 Å². The maximum absolute atomic E-state index is 11.8. The van der Waals surface area contributed by atoms with Crippen molar-refractivity contribution in [3.8, 4) is 17.2 Å². The Kier molecular flexibility index (Phi) is 9.21. The first-order chi connectivity index (χ1) is 14.5. The van der Waals surface area contributed by atoms with E-state index in [9.17, 15) is 5.11 Å². The summed E-state index contributed by atoms with van der Waals surface area (Å²) in [5, 5.41) is 13.8. The Hall–Kier alpha value is -2.50. The number of methoxy groups -OCH3 is 3. The van der Waals surface area contributed by atoms with E-state index in [0.717, 1.165) is 24.1 Å². The molecule has 1 N–H and O–H groups in total. The highest BCUT2D eigenvalue weighted by Gasteiger charge is 2.34. The lowest BCUT2D eigenvalue weighted by Gasteiger charge is -2.29. The third-order valence-electron chi connectivity index (χ3n) is 5.01. The van der Waals surface area contributed by atoms with Crippen molar-refractivity contribution in [2.24, 2.45) is 0 Å². The second-order valence-corrected chi connectivity index (χ2v) is 8.01. The summed E-state index contributed by atoms with van der Waals surface area (Å²) in [5.74, 6) is 1.57. The van der Waals surface area contributed by atoms with Gasteiger partial charge in [0, 0.05) is 4.88 Å². The van der Waals surface area contributed by atoms with Gasteiger partial charge >= 0.3 is 0 Å². The second-order valence-electron chi connectivity index (χ2n) is 7.06. The first-order valence-electron chi connectivity index (χ1n) is 10.00. The van der Waals surface area contributed by atoms with Gasteiger partial charge in [0.2, 0.25) is 5.75 Å². The van der Waals surface area contributed by atoms with Crippen molar-refractivity contribution < 1.29 is 19.3 Å². The molecule has 0 radical (unpaired) electrons. The summed E-state index contributed by atoms with van der Waals surface area (Å²) in [4.78, 5) is 0.881. The Morgan fingerprint density at radius 1 is 1.13 bits per heavy atom. The van der Waals surface area contributed by atoms with Crippen LogP contribution in [-0.2, 0) is 5.60 Å². The number of benzene rings is 1. The van der Waals surface area contributed by atoms with Gasteiger partial charge in [0.25, 0.3) is 0 Å². The number of ether oxygens (including phenoxy) is 3. The fourth-order valence-corrected chi connectivity index (χ4v) is 4.12. The minimum Gasteiger partial charge on any atom is -0.493 e. The van der Waals surface area contributed by atoms with Gasteiger partial charge in [-0.1, -0.05) is 35.9 Å². The molecule has 0 saturated carbocycles. The van der Waals surface area contributed by atoms with Crippen LogP contribution < -0.4 is 14.2 Å². The molecule has 2 aromatic rings. The highest BCUT2D eigenvalue weighted by atomic mass is 32.1. The summed E-state index contributed by atoms with van der Waals surface area (Å²) in [5.41, 5.74) is 0.754. The zero-order valence-electron chi connectivity index (χ0n) is 18.3. The molecule has 30 heavy (non-hydrogen) atoms. The lowest BCUT2D eigenvalue weighted by molar-refractivity contribution is 0.0745. The van der Waals surface area contributed by atoms with E-state index >= 15 is 0 Å². The monoisotopic (exact) mass is 428 g/mol. The van der Waals surface area contributed by atoms with Crippen molar-refractivity contribution in [2.75, 3.05) is 21.3 Å². The van der Waals surface area contributed by atoms with Crippen molar-refractivity contribution in [3.05, 3.63) is 76.5 Å². The molecule has 0 bridgehead atoms. The molecule has 0 saturated heterocycles. The molecule has 5 heteroatoms. The zero-order valence-corrected chi connectivity index (χ0v) is 19.1. The lowest BCUT2D eigenvalue weighted by Crippen LogP contribution is -2.26. The van der Waals surface area contributed by atoms with Gasteiger partial charge in [-0.05, 0) is 61.7 Å². The number of unbranched alkanes of at least 4 members (excludes halogenated alkanes) is 1. The number of aliphatic hydroxyl groups is 1. The average molecular weight is 429 g/mol. The molecule has 1 unspecified atom stereocenters. The molecule has 1 atom stereocenters. The third-order valence-corrected chi connectivity index (χ3v) is 6.03. The van der Waals surface area contributed by atoms with Crippen LogP contribution in [0.4, 0.5) is 0 Å². The average Bonchev–Trinajstić information content (AvgIpc) is 3.31. The molecular formula is C25H32O4S. The molecule has 0 amide bonds. The third kappa shape index (κ3) is 5.77. The van der Waals surface area contributed by atoms with Crippen LogP contribution in [-0.4, -0.2) is 26.4 Å². The Labute approximate surface area is 184 Å². The van der Waals surface area contributed by atoms with Crippen molar-refractivity contribution in [2.45, 2.75) is 38.2 Å². The minimum atomic E-state index is -1.16. The number of allylic oxidation sites excluding steroid dienone is 5. The van der Waals surface area contributed by atoms with E-state index in [4.69, 9.17) is 14.2 Å². The standard InChI is InChI=1S/C25H32O4S/c1-6-7-8-9-10-12-19(2)14-15-25(26,23-13-11-16-30-23)20-17-21(27-3)24(29-5)22(18-20)28-4/h6,9-13,16-18,26H,1,7-8,14-15H2,2-5H3/b10-9+,19-12+. The summed E-state index contributed by atoms with van der Waals surface area (Å²) in [7, 11) is 4.73. The van der Waals surface area contributed by atoms with Gasteiger partial charge in [-0.3, -0.25) is 0 Å². The Morgan fingerprint density at radius 2 is 1.83 bits per heavy atom. The smallest absolute Gasteiger partial charge is 0.203 e. The summed E-state index contributed by atoms with van der Waals surface area (Å²) >= 11 is 1.53. The molecular weight excluding hydrogens is 396 g/mol. The van der Waals surface area contributed by atoms with Gasteiger partial charge < -0.3 is 19.3 Å². The summed E-state index contributed by atoms with van der Waals surface area (Å²) in [6.45, 7) is 5.82. The summed E-state index contributed by atoms with van der Waals surface area (Å²) < 4.78 is 16.4. The molecule has 162 valence electrons. The molecule has 0 aliphatic carbocycles. The molecule has 0 fully saturated rings. The minimum absolute atomic E-state index is 0.512. The first kappa shape index (κ1) is 23.8. The second kappa shape index (κ2) is 11.6. The molecule has 1 aromatic carbocycles. The van der Waals surface area contributed by atoms with Crippen LogP contribution in [0.2, 0.25) is 0 Å². The number of thiophene rings is 1. The van der Waals surface area contributed by atoms with E-state index in [1.807, 2.05) is 35.7 Å². The maximum Gasteiger partial charge on any atom is 0.203 e. The molecule has 1 aromatic heterocycles. The van der Waals surface area contributed by atoms with E-state index in [2.05, 4.69) is 31.7 Å². The van der Waals surface area contributed by atoms with Gasteiger partial charge in [-0.2, -0.15) is 0 Å². The van der Waals surface area contributed by atoms with E-state index in [-0.39, 0.29) is 0 Å².